The normalized spacial score (nSPS) is 43.4. The molecular formula is C18H30B. The fourth-order valence-corrected chi connectivity index (χ4v) is 4.38. The van der Waals surface area contributed by atoms with E-state index < -0.39 is 0 Å². The first kappa shape index (κ1) is 14.9. The molecule has 0 amide bonds. The summed E-state index contributed by atoms with van der Waals surface area (Å²) >= 11 is 0. The van der Waals surface area contributed by atoms with Crippen LogP contribution in [0, 0.1) is 23.7 Å². The van der Waals surface area contributed by atoms with Crippen LogP contribution in [0.25, 0.3) is 0 Å². The Balaban J connectivity index is 2.13. The lowest BCUT2D eigenvalue weighted by atomic mass is 9.45. The van der Waals surface area contributed by atoms with Crippen LogP contribution in [0.3, 0.4) is 0 Å². The minimum Gasteiger partial charge on any atom is -0.0717 e. The first-order chi connectivity index (χ1) is 8.77. The predicted molar refractivity (Wildman–Crippen MR) is 86.7 cm³/mol. The standard InChI is InChI=1S/C18H30B/c1-9-10(2)14(6)17(13(9)5)19-18-15(7)11(3)12(4)16(18)8/h13-18H,1-8H3. The molecule has 2 aliphatic rings. The van der Waals surface area contributed by atoms with Gasteiger partial charge in [-0.2, -0.15) is 0 Å². The Morgan fingerprint density at radius 2 is 0.737 bits per heavy atom. The first-order valence-electron chi connectivity index (χ1n) is 7.96. The Kier molecular flexibility index (Phi) is 4.05. The summed E-state index contributed by atoms with van der Waals surface area (Å²) in [4.78, 5) is 0. The van der Waals surface area contributed by atoms with E-state index in [2.05, 4.69) is 62.7 Å². The van der Waals surface area contributed by atoms with Crippen molar-refractivity contribution < 1.29 is 0 Å². The van der Waals surface area contributed by atoms with E-state index in [1.165, 1.54) is 0 Å². The van der Waals surface area contributed by atoms with Crippen LogP contribution in [0.2, 0.25) is 11.6 Å². The summed E-state index contributed by atoms with van der Waals surface area (Å²) in [5.74, 6) is 4.42. The van der Waals surface area contributed by atoms with E-state index in [1.807, 2.05) is 0 Å². The maximum Gasteiger partial charge on any atom is 0.120 e. The minimum absolute atomic E-state index is 0.732. The van der Waals surface area contributed by atoms with Crippen LogP contribution in [0.5, 0.6) is 0 Å². The third kappa shape index (κ3) is 2.24. The Labute approximate surface area is 121 Å². The quantitative estimate of drug-likeness (QED) is 0.452. The van der Waals surface area contributed by atoms with Crippen molar-refractivity contribution in [2.75, 3.05) is 0 Å². The number of hydrogen-bond acceptors (Lipinski definition) is 0. The van der Waals surface area contributed by atoms with E-state index in [0.29, 0.717) is 0 Å². The summed E-state index contributed by atoms with van der Waals surface area (Å²) in [6.07, 6.45) is 0. The second-order valence-electron chi connectivity index (χ2n) is 7.23. The molecule has 0 heterocycles. The average molecular weight is 257 g/mol. The van der Waals surface area contributed by atoms with E-state index in [4.69, 9.17) is 0 Å². The summed E-state index contributed by atoms with van der Waals surface area (Å²) in [6.45, 7) is 19.0. The number of hydrogen-bond donors (Lipinski definition) is 0. The molecule has 105 valence electrons. The largest absolute Gasteiger partial charge is 0.120 e. The molecule has 2 rings (SSSR count). The molecule has 19 heavy (non-hydrogen) atoms. The van der Waals surface area contributed by atoms with Gasteiger partial charge in [-0.05, 0) is 51.4 Å². The van der Waals surface area contributed by atoms with Gasteiger partial charge in [-0.25, -0.2) is 0 Å². The highest BCUT2D eigenvalue weighted by molar-refractivity contribution is 6.41. The maximum atomic E-state index is 2.71. The van der Waals surface area contributed by atoms with Crippen molar-refractivity contribution in [2.24, 2.45) is 23.7 Å². The monoisotopic (exact) mass is 257 g/mol. The molecule has 0 nitrogen and oxygen atoms in total. The molecule has 0 spiro atoms. The average Bonchev–Trinajstić information content (AvgIpc) is 2.68. The number of rotatable bonds is 2. The van der Waals surface area contributed by atoms with Gasteiger partial charge in [0.25, 0.3) is 0 Å². The molecule has 0 aliphatic heterocycles. The molecule has 4 atom stereocenters. The highest BCUT2D eigenvalue weighted by atomic mass is 14.4. The van der Waals surface area contributed by atoms with E-state index in [1.54, 1.807) is 22.3 Å². The Hall–Kier alpha value is -0.455. The van der Waals surface area contributed by atoms with Gasteiger partial charge in [0.1, 0.15) is 7.28 Å². The van der Waals surface area contributed by atoms with Crippen LogP contribution < -0.4 is 0 Å². The van der Waals surface area contributed by atoms with E-state index in [0.717, 1.165) is 35.3 Å². The third-order valence-electron chi connectivity index (χ3n) is 6.73. The molecule has 0 fully saturated rings. The van der Waals surface area contributed by atoms with Gasteiger partial charge in [-0.15, -0.1) is 0 Å². The Morgan fingerprint density at radius 3 is 0.947 bits per heavy atom. The van der Waals surface area contributed by atoms with Crippen LogP contribution in [-0.2, 0) is 0 Å². The molecule has 0 bridgehead atoms. The topological polar surface area (TPSA) is 0 Å². The first-order valence-corrected chi connectivity index (χ1v) is 7.96. The summed E-state index contributed by atoms with van der Waals surface area (Å²) < 4.78 is 0. The highest BCUT2D eigenvalue weighted by Gasteiger charge is 2.41. The van der Waals surface area contributed by atoms with Crippen molar-refractivity contribution in [1.82, 2.24) is 0 Å². The smallest absolute Gasteiger partial charge is 0.0717 e. The SMILES string of the molecule is CC1=C(C)C(C)C([B]C2C(C)C(C)=C(C)C2C)C1C. The van der Waals surface area contributed by atoms with Gasteiger partial charge in [0.15, 0.2) is 0 Å². The fourth-order valence-electron chi connectivity index (χ4n) is 4.38. The molecule has 0 saturated heterocycles. The van der Waals surface area contributed by atoms with Crippen molar-refractivity contribution in [3.8, 4) is 0 Å². The van der Waals surface area contributed by atoms with Crippen molar-refractivity contribution in [1.29, 1.82) is 0 Å². The Bertz CT molecular complexity index is 353. The molecule has 2 aliphatic carbocycles. The van der Waals surface area contributed by atoms with Gasteiger partial charge < -0.3 is 0 Å². The summed E-state index contributed by atoms with van der Waals surface area (Å²) in [6, 6.07) is 0. The molecule has 0 aromatic carbocycles. The second kappa shape index (κ2) is 5.15. The zero-order chi connectivity index (χ0) is 14.5. The fraction of sp³-hybridized carbons (Fsp3) is 0.778. The lowest BCUT2D eigenvalue weighted by molar-refractivity contribution is 0.511. The third-order valence-corrected chi connectivity index (χ3v) is 6.73. The van der Waals surface area contributed by atoms with Crippen molar-refractivity contribution in [3.63, 3.8) is 0 Å². The molecular weight excluding hydrogens is 227 g/mol. The van der Waals surface area contributed by atoms with E-state index in [-0.39, 0.29) is 0 Å². The van der Waals surface area contributed by atoms with Crippen LogP contribution in [0.4, 0.5) is 0 Å². The Morgan fingerprint density at radius 1 is 0.526 bits per heavy atom. The molecule has 1 radical (unpaired) electrons. The molecule has 0 saturated carbocycles. The maximum absolute atomic E-state index is 2.71. The summed E-state index contributed by atoms with van der Waals surface area (Å²) in [5.41, 5.74) is 6.53. The van der Waals surface area contributed by atoms with Gasteiger partial charge in [-0.3, -0.25) is 0 Å². The highest BCUT2D eigenvalue weighted by Crippen LogP contribution is 2.51. The molecule has 0 aromatic heterocycles. The van der Waals surface area contributed by atoms with Crippen molar-refractivity contribution >= 4 is 7.28 Å². The van der Waals surface area contributed by atoms with Gasteiger partial charge in [0.05, 0.1) is 0 Å². The van der Waals surface area contributed by atoms with Crippen LogP contribution in [0.1, 0.15) is 55.4 Å². The zero-order valence-electron chi connectivity index (χ0n) is 14.0. The van der Waals surface area contributed by atoms with Crippen LogP contribution in [0.15, 0.2) is 22.3 Å². The van der Waals surface area contributed by atoms with Gasteiger partial charge in [0, 0.05) is 0 Å². The molecule has 0 aromatic rings. The van der Waals surface area contributed by atoms with E-state index >= 15 is 0 Å². The number of allylic oxidation sites excluding steroid dienone is 4. The lowest BCUT2D eigenvalue weighted by Gasteiger charge is -2.29. The lowest BCUT2D eigenvalue weighted by Crippen LogP contribution is -2.24. The van der Waals surface area contributed by atoms with E-state index in [9.17, 15) is 0 Å². The van der Waals surface area contributed by atoms with Crippen molar-refractivity contribution in [3.05, 3.63) is 22.3 Å². The van der Waals surface area contributed by atoms with Crippen LogP contribution >= 0.6 is 0 Å². The molecule has 0 N–H and O–H groups in total. The van der Waals surface area contributed by atoms with Gasteiger partial charge in [-0.1, -0.05) is 61.6 Å². The summed E-state index contributed by atoms with van der Waals surface area (Å²) in [5, 5.41) is 0. The molecule has 4 unspecified atom stereocenters. The zero-order valence-corrected chi connectivity index (χ0v) is 14.0. The second-order valence-corrected chi connectivity index (χ2v) is 7.23. The predicted octanol–water partition coefficient (Wildman–Crippen LogP) is 5.51. The van der Waals surface area contributed by atoms with Gasteiger partial charge in [0.2, 0.25) is 0 Å². The van der Waals surface area contributed by atoms with Crippen molar-refractivity contribution in [2.45, 2.75) is 67.0 Å². The van der Waals surface area contributed by atoms with Crippen LogP contribution in [-0.4, -0.2) is 7.28 Å². The molecule has 1 heteroatoms. The van der Waals surface area contributed by atoms with Gasteiger partial charge >= 0.3 is 0 Å². The minimum atomic E-state index is 0.732. The summed E-state index contributed by atoms with van der Waals surface area (Å²) in [7, 11) is 2.71.